The van der Waals surface area contributed by atoms with Gasteiger partial charge in [0, 0.05) is 37.1 Å². The highest BCUT2D eigenvalue weighted by molar-refractivity contribution is 5.84. The van der Waals surface area contributed by atoms with Crippen LogP contribution < -0.4 is 0 Å². The van der Waals surface area contributed by atoms with Gasteiger partial charge in [0.15, 0.2) is 11.6 Å². The van der Waals surface area contributed by atoms with Gasteiger partial charge < -0.3 is 4.74 Å². The first kappa shape index (κ1) is 21.5. The summed E-state index contributed by atoms with van der Waals surface area (Å²) in [6.45, 7) is 0.461. The number of fused-ring (bicyclic) bond motifs is 1. The van der Waals surface area contributed by atoms with Crippen molar-refractivity contribution in [1.29, 1.82) is 0 Å². The first-order valence-corrected chi connectivity index (χ1v) is 10.00. The maximum atomic E-state index is 14.5. The number of ether oxygens (including phenoxy) is 1. The van der Waals surface area contributed by atoms with Crippen LogP contribution >= 0.6 is 0 Å². The molecule has 0 spiro atoms. The largest absolute Gasteiger partial charge is 0.380 e. The molecule has 6 heteroatoms. The normalized spacial score (nSPS) is 10.8. The lowest BCUT2D eigenvalue weighted by Gasteiger charge is -2.04. The minimum atomic E-state index is -0.916. The van der Waals surface area contributed by atoms with Gasteiger partial charge >= 0.3 is 0 Å². The number of hydrogen-bond donors (Lipinski definition) is 0. The maximum Gasteiger partial charge on any atom is 0.159 e. The van der Waals surface area contributed by atoms with E-state index in [1.807, 2.05) is 6.07 Å². The molecule has 0 amide bonds. The Morgan fingerprint density at radius 3 is 2.22 bits per heavy atom. The zero-order chi connectivity index (χ0) is 22.5. The second-order valence-electron chi connectivity index (χ2n) is 7.33. The van der Waals surface area contributed by atoms with Crippen LogP contribution in [0.15, 0.2) is 60.9 Å². The molecule has 0 radical (unpaired) electrons. The molecule has 4 rings (SSSR count). The van der Waals surface area contributed by atoms with Crippen LogP contribution in [0.4, 0.5) is 13.2 Å². The van der Waals surface area contributed by atoms with Crippen molar-refractivity contribution >= 4 is 10.8 Å². The van der Waals surface area contributed by atoms with E-state index in [1.54, 1.807) is 43.8 Å². The Morgan fingerprint density at radius 1 is 0.750 bits per heavy atom. The standard InChI is InChI=1S/C26H19F3N2O/c1-32-16-19-14-30-26(31-15-19)9-5-18-3-7-20(23(27)11-18)6-2-17-4-8-21-12-24(28)25(29)13-22(21)10-17/h3-4,7-8,10-15H,5,9,16H2,1H3. The summed E-state index contributed by atoms with van der Waals surface area (Å²) in [5.41, 5.74) is 2.56. The molecule has 0 unspecified atom stereocenters. The van der Waals surface area contributed by atoms with Gasteiger partial charge in [-0.05, 0) is 59.2 Å². The van der Waals surface area contributed by atoms with E-state index in [0.29, 0.717) is 41.6 Å². The average Bonchev–Trinajstić information content (AvgIpc) is 2.79. The first-order chi connectivity index (χ1) is 15.5. The van der Waals surface area contributed by atoms with Crippen molar-refractivity contribution in [2.45, 2.75) is 19.4 Å². The fraction of sp³-hybridized carbons (Fsp3) is 0.154. The number of benzene rings is 3. The Labute approximate surface area is 183 Å². The SMILES string of the molecule is COCc1cnc(CCc2ccc(C#Cc3ccc4cc(F)c(F)cc4c3)c(F)c2)nc1. The number of aryl methyl sites for hydroxylation is 2. The number of methoxy groups -OCH3 is 1. The van der Waals surface area contributed by atoms with Gasteiger partial charge in [0.2, 0.25) is 0 Å². The number of nitrogens with zero attached hydrogens (tertiary/aromatic N) is 2. The van der Waals surface area contributed by atoms with Crippen LogP contribution in [0.2, 0.25) is 0 Å². The van der Waals surface area contributed by atoms with E-state index in [4.69, 9.17) is 4.74 Å². The highest BCUT2D eigenvalue weighted by atomic mass is 19.2. The summed E-state index contributed by atoms with van der Waals surface area (Å²) in [6.07, 6.45) is 4.64. The molecule has 3 nitrogen and oxygen atoms in total. The van der Waals surface area contributed by atoms with Gasteiger partial charge in [0.25, 0.3) is 0 Å². The third-order valence-electron chi connectivity index (χ3n) is 4.96. The lowest BCUT2D eigenvalue weighted by Crippen LogP contribution is -2.00. The van der Waals surface area contributed by atoms with Gasteiger partial charge in [-0.2, -0.15) is 0 Å². The third kappa shape index (κ3) is 5.13. The van der Waals surface area contributed by atoms with Crippen LogP contribution in [0, 0.1) is 29.3 Å². The van der Waals surface area contributed by atoms with Gasteiger partial charge in [-0.3, -0.25) is 0 Å². The zero-order valence-corrected chi connectivity index (χ0v) is 17.3. The van der Waals surface area contributed by atoms with Crippen LogP contribution in [0.3, 0.4) is 0 Å². The van der Waals surface area contributed by atoms with E-state index in [2.05, 4.69) is 21.8 Å². The Balaban J connectivity index is 1.45. The number of rotatable bonds is 5. The molecule has 160 valence electrons. The lowest BCUT2D eigenvalue weighted by atomic mass is 10.0. The predicted octanol–water partition coefficient (Wildman–Crippen LogP) is 5.38. The van der Waals surface area contributed by atoms with Crippen molar-refractivity contribution in [3.05, 3.63) is 106 Å². The summed E-state index contributed by atoms with van der Waals surface area (Å²) in [6, 6.07) is 12.2. The van der Waals surface area contributed by atoms with Crippen molar-refractivity contribution < 1.29 is 17.9 Å². The maximum absolute atomic E-state index is 14.5. The fourth-order valence-electron chi connectivity index (χ4n) is 3.28. The quantitative estimate of drug-likeness (QED) is 0.397. The van der Waals surface area contributed by atoms with E-state index in [1.165, 1.54) is 6.07 Å². The molecule has 0 saturated heterocycles. The Kier molecular flexibility index (Phi) is 6.48. The molecule has 32 heavy (non-hydrogen) atoms. The molecular weight excluding hydrogens is 413 g/mol. The summed E-state index contributed by atoms with van der Waals surface area (Å²) in [7, 11) is 1.61. The zero-order valence-electron chi connectivity index (χ0n) is 17.3. The molecule has 1 aromatic heterocycles. The molecule has 4 aromatic rings. The molecule has 0 saturated carbocycles. The van der Waals surface area contributed by atoms with Crippen LogP contribution in [0.5, 0.6) is 0 Å². The van der Waals surface area contributed by atoms with Crippen LogP contribution in [0.25, 0.3) is 10.8 Å². The Bertz CT molecular complexity index is 1320. The second-order valence-corrected chi connectivity index (χ2v) is 7.33. The van der Waals surface area contributed by atoms with E-state index >= 15 is 0 Å². The second kappa shape index (κ2) is 9.63. The molecule has 1 heterocycles. The van der Waals surface area contributed by atoms with Gasteiger partial charge in [-0.1, -0.05) is 24.0 Å². The van der Waals surface area contributed by atoms with E-state index in [-0.39, 0.29) is 5.56 Å². The van der Waals surface area contributed by atoms with Crippen molar-refractivity contribution in [2.75, 3.05) is 7.11 Å². The topological polar surface area (TPSA) is 35.0 Å². The van der Waals surface area contributed by atoms with Crippen LogP contribution in [-0.4, -0.2) is 17.1 Å². The molecule has 0 N–H and O–H groups in total. The van der Waals surface area contributed by atoms with Gasteiger partial charge in [0.1, 0.15) is 11.6 Å². The minimum absolute atomic E-state index is 0.263. The van der Waals surface area contributed by atoms with Crippen LogP contribution in [0.1, 0.15) is 28.1 Å². The molecule has 0 aliphatic carbocycles. The van der Waals surface area contributed by atoms with E-state index < -0.39 is 17.5 Å². The molecule has 0 bridgehead atoms. The van der Waals surface area contributed by atoms with Gasteiger partial charge in [0.05, 0.1) is 12.2 Å². The van der Waals surface area contributed by atoms with Crippen molar-refractivity contribution in [3.63, 3.8) is 0 Å². The highest BCUT2D eigenvalue weighted by Crippen LogP contribution is 2.20. The number of halogens is 3. The summed E-state index contributed by atoms with van der Waals surface area (Å²) in [5, 5.41) is 1.10. The summed E-state index contributed by atoms with van der Waals surface area (Å²) in [5.74, 6) is 4.15. The summed E-state index contributed by atoms with van der Waals surface area (Å²) in [4.78, 5) is 8.59. The van der Waals surface area contributed by atoms with Crippen molar-refractivity contribution in [1.82, 2.24) is 9.97 Å². The van der Waals surface area contributed by atoms with E-state index in [0.717, 1.165) is 23.3 Å². The van der Waals surface area contributed by atoms with Gasteiger partial charge in [-0.15, -0.1) is 0 Å². The number of aromatic nitrogens is 2. The Morgan fingerprint density at radius 2 is 1.50 bits per heavy atom. The Hall–Kier alpha value is -3.69. The number of hydrogen-bond acceptors (Lipinski definition) is 3. The molecule has 0 fully saturated rings. The predicted molar refractivity (Wildman–Crippen MR) is 116 cm³/mol. The molecular formula is C26H19F3N2O. The average molecular weight is 432 g/mol. The molecule has 3 aromatic carbocycles. The highest BCUT2D eigenvalue weighted by Gasteiger charge is 2.06. The van der Waals surface area contributed by atoms with Crippen molar-refractivity contribution in [3.8, 4) is 11.8 Å². The summed E-state index contributed by atoms with van der Waals surface area (Å²) >= 11 is 0. The van der Waals surface area contributed by atoms with Crippen LogP contribution in [-0.2, 0) is 24.2 Å². The van der Waals surface area contributed by atoms with Gasteiger partial charge in [-0.25, -0.2) is 23.1 Å². The first-order valence-electron chi connectivity index (χ1n) is 10.00. The third-order valence-corrected chi connectivity index (χ3v) is 4.96. The minimum Gasteiger partial charge on any atom is -0.380 e. The fourth-order valence-corrected chi connectivity index (χ4v) is 3.28. The van der Waals surface area contributed by atoms with Crippen molar-refractivity contribution in [2.24, 2.45) is 0 Å². The molecule has 0 aliphatic rings. The summed E-state index contributed by atoms with van der Waals surface area (Å²) < 4.78 is 46.4. The molecule has 0 aliphatic heterocycles. The molecule has 0 atom stereocenters. The smallest absolute Gasteiger partial charge is 0.159 e. The monoisotopic (exact) mass is 432 g/mol. The van der Waals surface area contributed by atoms with E-state index in [9.17, 15) is 13.2 Å². The lowest BCUT2D eigenvalue weighted by molar-refractivity contribution is 0.184.